The number of halogens is 5. The fourth-order valence-corrected chi connectivity index (χ4v) is 2.24. The molecule has 0 amide bonds. The summed E-state index contributed by atoms with van der Waals surface area (Å²) >= 11 is 0. The van der Waals surface area contributed by atoms with E-state index in [0.29, 0.717) is 6.08 Å². The lowest BCUT2D eigenvalue weighted by molar-refractivity contribution is -0.212. The maximum Gasteiger partial charge on any atom is 0.426 e. The molecule has 0 aliphatic heterocycles. The van der Waals surface area contributed by atoms with Crippen molar-refractivity contribution in [3.63, 3.8) is 0 Å². The fraction of sp³-hybridized carbons (Fsp3) is 0.500. The van der Waals surface area contributed by atoms with Crippen LogP contribution in [0.1, 0.15) is 19.3 Å². The van der Waals surface area contributed by atoms with E-state index in [0.717, 1.165) is 18.9 Å². The second-order valence-corrected chi connectivity index (χ2v) is 5.88. The van der Waals surface area contributed by atoms with E-state index < -0.39 is 54.1 Å². The largest absolute Gasteiger partial charge is 0.460 e. The van der Waals surface area contributed by atoms with E-state index >= 15 is 0 Å². The summed E-state index contributed by atoms with van der Waals surface area (Å²) in [5, 5.41) is 2.83. The van der Waals surface area contributed by atoms with Gasteiger partial charge in [0.1, 0.15) is 18.5 Å². The van der Waals surface area contributed by atoms with Gasteiger partial charge in [-0.2, -0.15) is 13.2 Å². The van der Waals surface area contributed by atoms with E-state index in [4.69, 9.17) is 4.74 Å². The summed E-state index contributed by atoms with van der Waals surface area (Å²) in [5.41, 5.74) is -4.51. The van der Waals surface area contributed by atoms with E-state index in [2.05, 4.69) is 11.9 Å². The van der Waals surface area contributed by atoms with Crippen molar-refractivity contribution in [1.82, 2.24) is 5.32 Å². The van der Waals surface area contributed by atoms with Gasteiger partial charge in [-0.15, -0.1) is 0 Å². The van der Waals surface area contributed by atoms with Crippen molar-refractivity contribution in [3.05, 3.63) is 36.2 Å². The molecule has 0 saturated heterocycles. The van der Waals surface area contributed by atoms with Crippen molar-refractivity contribution in [2.75, 3.05) is 6.61 Å². The molecule has 4 nitrogen and oxygen atoms in total. The van der Waals surface area contributed by atoms with Gasteiger partial charge in [0.25, 0.3) is 0 Å². The molecule has 1 N–H and O–H groups in total. The zero-order valence-corrected chi connectivity index (χ0v) is 13.0. The minimum absolute atomic E-state index is 0.0249. The van der Waals surface area contributed by atoms with Crippen LogP contribution in [0.3, 0.4) is 0 Å². The molecule has 138 valence electrons. The highest BCUT2D eigenvalue weighted by Crippen LogP contribution is 2.43. The number of carbonyl (C=O) groups is 2. The van der Waals surface area contributed by atoms with Crippen LogP contribution in [0.2, 0.25) is 0 Å². The highest BCUT2D eigenvalue weighted by atomic mass is 19.4. The van der Waals surface area contributed by atoms with Gasteiger partial charge in [0.2, 0.25) is 5.67 Å². The van der Waals surface area contributed by atoms with Crippen LogP contribution in [0.5, 0.6) is 0 Å². The molecule has 0 aromatic heterocycles. The number of esters is 1. The molecule has 0 heterocycles. The van der Waals surface area contributed by atoms with Gasteiger partial charge in [-0.3, -0.25) is 4.79 Å². The molecule has 1 saturated carbocycles. The smallest absolute Gasteiger partial charge is 0.426 e. The number of allylic oxidation sites excluding steroid dienone is 3. The molecule has 2 aliphatic carbocycles. The SMILES string of the molecule is C=CC(=O)OCC(NC1CC1)C(=O)C1=C(F)CC(F)(C(F)(F)F)C=C1. The number of alkyl halides is 4. The molecule has 1 fully saturated rings. The molecule has 0 aromatic carbocycles. The Labute approximate surface area is 140 Å². The standard InChI is InChI=1S/C16H16F5NO3/c1-2-13(23)25-8-12(22-9-3-4-9)14(24)10-5-6-15(18,7-11(10)17)16(19,20)21/h2,5-6,9,12,22H,1,3-4,7-8H2. The summed E-state index contributed by atoms with van der Waals surface area (Å²) in [5.74, 6) is -3.20. The Hall–Kier alpha value is -2.03. The first-order valence-electron chi connectivity index (χ1n) is 7.50. The Bertz CT molecular complexity index is 636. The first-order chi connectivity index (χ1) is 11.6. The predicted molar refractivity (Wildman–Crippen MR) is 77.9 cm³/mol. The zero-order valence-electron chi connectivity index (χ0n) is 13.0. The molecule has 0 bridgehead atoms. The number of ketones is 1. The molecular formula is C16H16F5NO3. The number of carbonyl (C=O) groups excluding carboxylic acids is 2. The molecule has 25 heavy (non-hydrogen) atoms. The summed E-state index contributed by atoms with van der Waals surface area (Å²) in [7, 11) is 0. The van der Waals surface area contributed by atoms with Crippen LogP contribution < -0.4 is 5.32 Å². The highest BCUT2D eigenvalue weighted by Gasteiger charge is 2.56. The van der Waals surface area contributed by atoms with E-state index in [1.54, 1.807) is 0 Å². The maximum atomic E-state index is 14.0. The minimum Gasteiger partial charge on any atom is -0.460 e. The number of hydrogen-bond donors (Lipinski definition) is 1. The molecule has 2 rings (SSSR count). The van der Waals surface area contributed by atoms with Crippen LogP contribution >= 0.6 is 0 Å². The van der Waals surface area contributed by atoms with Crippen molar-refractivity contribution in [2.24, 2.45) is 0 Å². The molecule has 0 radical (unpaired) electrons. The fourth-order valence-electron chi connectivity index (χ4n) is 2.24. The third kappa shape index (κ3) is 4.53. The van der Waals surface area contributed by atoms with Crippen molar-refractivity contribution in [1.29, 1.82) is 0 Å². The second-order valence-electron chi connectivity index (χ2n) is 5.88. The summed E-state index contributed by atoms with van der Waals surface area (Å²) in [6, 6.07) is -1.16. The van der Waals surface area contributed by atoms with Gasteiger partial charge < -0.3 is 10.1 Å². The lowest BCUT2D eigenvalue weighted by atomic mass is 9.89. The highest BCUT2D eigenvalue weighted by molar-refractivity contribution is 6.03. The monoisotopic (exact) mass is 365 g/mol. The zero-order chi connectivity index (χ0) is 18.8. The number of nitrogens with one attached hydrogen (secondary N) is 1. The number of ether oxygens (including phenoxy) is 1. The van der Waals surface area contributed by atoms with Gasteiger partial charge in [0.15, 0.2) is 5.78 Å². The number of hydrogen-bond acceptors (Lipinski definition) is 4. The molecule has 9 heteroatoms. The average molecular weight is 365 g/mol. The van der Waals surface area contributed by atoms with Gasteiger partial charge in [-0.25, -0.2) is 13.6 Å². The third-order valence-electron chi connectivity index (χ3n) is 3.85. The lowest BCUT2D eigenvalue weighted by Gasteiger charge is -2.28. The topological polar surface area (TPSA) is 55.4 Å². The summed E-state index contributed by atoms with van der Waals surface area (Å²) in [6.07, 6.45) is -3.87. The summed E-state index contributed by atoms with van der Waals surface area (Å²) in [4.78, 5) is 23.5. The van der Waals surface area contributed by atoms with E-state index in [9.17, 15) is 31.5 Å². The second kappa shape index (κ2) is 7.07. The van der Waals surface area contributed by atoms with E-state index in [1.165, 1.54) is 0 Å². The van der Waals surface area contributed by atoms with Crippen LogP contribution in [-0.4, -0.2) is 42.3 Å². The third-order valence-corrected chi connectivity index (χ3v) is 3.85. The molecule has 0 aromatic rings. The van der Waals surface area contributed by atoms with Crippen LogP contribution in [0.4, 0.5) is 22.0 Å². The van der Waals surface area contributed by atoms with Crippen LogP contribution in [-0.2, 0) is 14.3 Å². The van der Waals surface area contributed by atoms with Gasteiger partial charge in [0.05, 0.1) is 5.57 Å². The Balaban J connectivity index is 2.15. The van der Waals surface area contributed by atoms with Crippen LogP contribution in [0.25, 0.3) is 0 Å². The quantitative estimate of drug-likeness (QED) is 0.428. The molecule has 2 atom stereocenters. The van der Waals surface area contributed by atoms with Crippen molar-refractivity contribution in [2.45, 2.75) is 43.2 Å². The van der Waals surface area contributed by atoms with Crippen molar-refractivity contribution in [3.8, 4) is 0 Å². The normalized spacial score (nSPS) is 24.8. The minimum atomic E-state index is -5.29. The van der Waals surface area contributed by atoms with Crippen molar-refractivity contribution < 1.29 is 36.3 Å². The van der Waals surface area contributed by atoms with E-state index in [-0.39, 0.29) is 12.1 Å². The van der Waals surface area contributed by atoms with Gasteiger partial charge in [-0.05, 0) is 25.0 Å². The van der Waals surface area contributed by atoms with Crippen molar-refractivity contribution >= 4 is 11.8 Å². The van der Waals surface area contributed by atoms with Gasteiger partial charge in [-0.1, -0.05) is 6.58 Å². The molecule has 2 aliphatic rings. The Morgan fingerprint density at radius 3 is 2.56 bits per heavy atom. The Morgan fingerprint density at radius 2 is 2.08 bits per heavy atom. The van der Waals surface area contributed by atoms with Gasteiger partial charge >= 0.3 is 12.1 Å². The first kappa shape index (κ1) is 19.3. The predicted octanol–water partition coefficient (Wildman–Crippen LogP) is 2.86. The molecular weight excluding hydrogens is 349 g/mol. The Kier molecular flexibility index (Phi) is 5.46. The van der Waals surface area contributed by atoms with Crippen LogP contribution in [0.15, 0.2) is 36.2 Å². The van der Waals surface area contributed by atoms with Crippen LogP contribution in [0, 0.1) is 0 Å². The van der Waals surface area contributed by atoms with E-state index in [1.807, 2.05) is 0 Å². The molecule has 2 unspecified atom stereocenters. The average Bonchev–Trinajstić information content (AvgIpc) is 3.33. The first-order valence-corrected chi connectivity index (χ1v) is 7.50. The van der Waals surface area contributed by atoms with Gasteiger partial charge in [0, 0.05) is 18.5 Å². The summed E-state index contributed by atoms with van der Waals surface area (Å²) < 4.78 is 70.5. The maximum absolute atomic E-state index is 14.0. The Morgan fingerprint density at radius 1 is 1.44 bits per heavy atom. The number of rotatable bonds is 7. The summed E-state index contributed by atoms with van der Waals surface area (Å²) in [6.45, 7) is 2.75. The lowest BCUT2D eigenvalue weighted by Crippen LogP contribution is -2.45. The number of Topliss-reactive ketones (excluding diaryl/α,β-unsaturated/α-hetero) is 1. The molecule has 0 spiro atoms.